The van der Waals surface area contributed by atoms with E-state index in [1.165, 1.54) is 77.3 Å². The quantitative estimate of drug-likeness (QED) is 0.615. The molecule has 1 N–H and O–H groups in total. The monoisotopic (exact) mass is 387 g/mol. The highest BCUT2D eigenvalue weighted by atomic mass is 15.2. The Bertz CT molecular complexity index is 550. The summed E-state index contributed by atoms with van der Waals surface area (Å²) in [7, 11) is 0. The van der Waals surface area contributed by atoms with E-state index in [1.807, 2.05) is 6.20 Å². The zero-order valence-electron chi connectivity index (χ0n) is 18.2. The molecular formula is C23H41N5. The van der Waals surface area contributed by atoms with Gasteiger partial charge < -0.3 is 10.2 Å². The van der Waals surface area contributed by atoms with Gasteiger partial charge in [0.25, 0.3) is 0 Å². The predicted molar refractivity (Wildman–Crippen MR) is 119 cm³/mol. The first-order chi connectivity index (χ1) is 13.8. The minimum absolute atomic E-state index is 0.627. The van der Waals surface area contributed by atoms with Gasteiger partial charge in [0.2, 0.25) is 5.95 Å². The van der Waals surface area contributed by atoms with Crippen molar-refractivity contribution in [2.75, 3.05) is 42.9 Å². The molecule has 2 fully saturated rings. The predicted octanol–water partition coefficient (Wildman–Crippen LogP) is 4.95. The lowest BCUT2D eigenvalue weighted by Crippen LogP contribution is -2.38. The number of hydrogen-bond acceptors (Lipinski definition) is 5. The van der Waals surface area contributed by atoms with Gasteiger partial charge >= 0.3 is 0 Å². The molecular weight excluding hydrogens is 346 g/mol. The summed E-state index contributed by atoms with van der Waals surface area (Å²) < 4.78 is 0. The number of rotatable bonds is 10. The molecule has 2 saturated heterocycles. The van der Waals surface area contributed by atoms with Crippen LogP contribution in [-0.4, -0.2) is 53.6 Å². The maximum atomic E-state index is 4.83. The van der Waals surface area contributed by atoms with Crippen molar-refractivity contribution < 1.29 is 0 Å². The summed E-state index contributed by atoms with van der Waals surface area (Å²) in [6.07, 6.45) is 15.1. The number of aromatic nitrogens is 2. The van der Waals surface area contributed by atoms with E-state index < -0.39 is 0 Å². The normalized spacial score (nSPS) is 21.2. The van der Waals surface area contributed by atoms with Gasteiger partial charge in [-0.3, -0.25) is 4.90 Å². The van der Waals surface area contributed by atoms with Crippen LogP contribution in [0.25, 0.3) is 0 Å². The fourth-order valence-electron chi connectivity index (χ4n) is 4.96. The topological polar surface area (TPSA) is 44.3 Å². The molecule has 0 amide bonds. The molecule has 158 valence electrons. The second-order valence-electron chi connectivity index (χ2n) is 8.75. The Labute approximate surface area is 172 Å². The summed E-state index contributed by atoms with van der Waals surface area (Å²) in [5, 5.41) is 3.56. The van der Waals surface area contributed by atoms with Crippen LogP contribution in [0.15, 0.2) is 12.3 Å². The molecule has 3 heterocycles. The first kappa shape index (κ1) is 21.4. The Balaban J connectivity index is 1.53. The van der Waals surface area contributed by atoms with Gasteiger partial charge in [0, 0.05) is 38.4 Å². The smallest absolute Gasteiger partial charge is 0.224 e. The fourth-order valence-corrected chi connectivity index (χ4v) is 4.96. The number of anilines is 2. The summed E-state index contributed by atoms with van der Waals surface area (Å²) in [5.74, 6) is 2.75. The summed E-state index contributed by atoms with van der Waals surface area (Å²) >= 11 is 0. The minimum Gasteiger partial charge on any atom is -0.356 e. The lowest BCUT2D eigenvalue weighted by atomic mass is 9.97. The third-order valence-corrected chi connectivity index (χ3v) is 6.45. The second kappa shape index (κ2) is 11.6. The molecule has 1 unspecified atom stereocenters. The zero-order valence-corrected chi connectivity index (χ0v) is 18.2. The molecule has 2 aliphatic heterocycles. The maximum Gasteiger partial charge on any atom is 0.224 e. The van der Waals surface area contributed by atoms with Crippen molar-refractivity contribution in [2.45, 2.75) is 84.1 Å². The molecule has 2 aliphatic rings. The fraction of sp³-hybridized carbons (Fsp3) is 0.826. The van der Waals surface area contributed by atoms with Crippen LogP contribution in [-0.2, 0) is 0 Å². The molecule has 0 aromatic carbocycles. The first-order valence-corrected chi connectivity index (χ1v) is 11.9. The average Bonchev–Trinajstić information content (AvgIpc) is 2.97. The van der Waals surface area contributed by atoms with Crippen LogP contribution < -0.4 is 10.2 Å². The Kier molecular flexibility index (Phi) is 8.84. The van der Waals surface area contributed by atoms with Crippen molar-refractivity contribution in [3.63, 3.8) is 0 Å². The molecule has 1 aromatic heterocycles. The van der Waals surface area contributed by atoms with Gasteiger partial charge in [-0.05, 0) is 57.1 Å². The molecule has 0 radical (unpaired) electrons. The zero-order chi connectivity index (χ0) is 19.6. The Hall–Kier alpha value is -1.36. The van der Waals surface area contributed by atoms with E-state index in [0.29, 0.717) is 6.04 Å². The standard InChI is InChI=1S/C23H41N5/c1-3-10-20(11-4-2)19-28-17-9-12-21(28)18-25-23-24-14-13-22(26-23)27-15-7-5-6-8-16-27/h13-14,20-21H,3-12,15-19H2,1-2H3,(H,24,25,26). The van der Waals surface area contributed by atoms with E-state index >= 15 is 0 Å². The van der Waals surface area contributed by atoms with E-state index in [2.05, 4.69) is 40.0 Å². The van der Waals surface area contributed by atoms with Gasteiger partial charge in [0.05, 0.1) is 0 Å². The van der Waals surface area contributed by atoms with E-state index in [9.17, 15) is 0 Å². The summed E-state index contributed by atoms with van der Waals surface area (Å²) in [6.45, 7) is 10.4. The van der Waals surface area contributed by atoms with Crippen molar-refractivity contribution in [3.05, 3.63) is 12.3 Å². The highest BCUT2D eigenvalue weighted by Crippen LogP contribution is 2.23. The van der Waals surface area contributed by atoms with Crippen molar-refractivity contribution in [1.82, 2.24) is 14.9 Å². The van der Waals surface area contributed by atoms with Gasteiger partial charge in [-0.2, -0.15) is 4.98 Å². The molecule has 5 heteroatoms. The average molecular weight is 388 g/mol. The maximum absolute atomic E-state index is 4.83. The Morgan fingerprint density at radius 3 is 2.50 bits per heavy atom. The van der Waals surface area contributed by atoms with Crippen molar-refractivity contribution >= 4 is 11.8 Å². The largest absolute Gasteiger partial charge is 0.356 e. The van der Waals surface area contributed by atoms with E-state index in [-0.39, 0.29) is 0 Å². The van der Waals surface area contributed by atoms with Gasteiger partial charge in [-0.15, -0.1) is 0 Å². The number of nitrogens with zero attached hydrogens (tertiary/aromatic N) is 4. The van der Waals surface area contributed by atoms with Gasteiger partial charge in [-0.1, -0.05) is 39.5 Å². The van der Waals surface area contributed by atoms with Crippen LogP contribution in [0.3, 0.4) is 0 Å². The molecule has 0 aliphatic carbocycles. The third-order valence-electron chi connectivity index (χ3n) is 6.45. The van der Waals surface area contributed by atoms with E-state index in [0.717, 1.165) is 37.3 Å². The highest BCUT2D eigenvalue weighted by Gasteiger charge is 2.26. The SMILES string of the molecule is CCCC(CCC)CN1CCCC1CNc1nccc(N2CCCCCC2)n1. The van der Waals surface area contributed by atoms with Crippen LogP contribution in [0, 0.1) is 5.92 Å². The molecule has 5 nitrogen and oxygen atoms in total. The molecule has 1 aromatic rings. The van der Waals surface area contributed by atoms with Crippen molar-refractivity contribution in [1.29, 1.82) is 0 Å². The number of likely N-dealkylation sites (tertiary alicyclic amines) is 1. The molecule has 0 spiro atoms. The molecule has 0 saturated carbocycles. The summed E-state index contributed by atoms with van der Waals surface area (Å²) in [5.41, 5.74) is 0. The van der Waals surface area contributed by atoms with Crippen molar-refractivity contribution in [3.8, 4) is 0 Å². The van der Waals surface area contributed by atoms with Crippen LogP contribution in [0.4, 0.5) is 11.8 Å². The van der Waals surface area contributed by atoms with Gasteiger partial charge in [0.15, 0.2) is 0 Å². The van der Waals surface area contributed by atoms with Crippen LogP contribution >= 0.6 is 0 Å². The van der Waals surface area contributed by atoms with Crippen LogP contribution in [0.2, 0.25) is 0 Å². The Morgan fingerprint density at radius 1 is 1.04 bits per heavy atom. The number of nitrogens with one attached hydrogen (secondary N) is 1. The highest BCUT2D eigenvalue weighted by molar-refractivity contribution is 5.42. The van der Waals surface area contributed by atoms with Crippen molar-refractivity contribution in [2.24, 2.45) is 5.92 Å². The van der Waals surface area contributed by atoms with Gasteiger partial charge in [0.1, 0.15) is 5.82 Å². The second-order valence-corrected chi connectivity index (χ2v) is 8.75. The molecule has 0 bridgehead atoms. The minimum atomic E-state index is 0.627. The van der Waals surface area contributed by atoms with E-state index in [4.69, 9.17) is 4.98 Å². The number of hydrogen-bond donors (Lipinski definition) is 1. The third kappa shape index (κ3) is 6.33. The molecule has 3 rings (SSSR count). The van der Waals surface area contributed by atoms with Crippen LogP contribution in [0.5, 0.6) is 0 Å². The lowest BCUT2D eigenvalue weighted by Gasteiger charge is -2.29. The Morgan fingerprint density at radius 2 is 1.79 bits per heavy atom. The van der Waals surface area contributed by atoms with Gasteiger partial charge in [-0.25, -0.2) is 4.98 Å². The molecule has 1 atom stereocenters. The van der Waals surface area contributed by atoms with E-state index in [1.54, 1.807) is 0 Å². The first-order valence-electron chi connectivity index (χ1n) is 11.9. The molecule has 28 heavy (non-hydrogen) atoms. The van der Waals surface area contributed by atoms with Crippen LogP contribution in [0.1, 0.15) is 78.1 Å². The summed E-state index contributed by atoms with van der Waals surface area (Å²) in [4.78, 5) is 14.5. The summed E-state index contributed by atoms with van der Waals surface area (Å²) in [6, 6.07) is 2.69. The lowest BCUT2D eigenvalue weighted by molar-refractivity contribution is 0.207.